The molecule has 0 aliphatic heterocycles. The minimum absolute atomic E-state index is 0.910. The van der Waals surface area contributed by atoms with E-state index in [1.807, 2.05) is 54.6 Å². The summed E-state index contributed by atoms with van der Waals surface area (Å²) in [5, 5.41) is 0. The van der Waals surface area contributed by atoms with Crippen molar-refractivity contribution >= 4 is 6.08 Å². The van der Waals surface area contributed by atoms with E-state index in [2.05, 4.69) is 25.3 Å². The summed E-state index contributed by atoms with van der Waals surface area (Å²) in [4.78, 5) is 0. The average Bonchev–Trinajstić information content (AvgIpc) is 2.49. The first kappa shape index (κ1) is 14.8. The summed E-state index contributed by atoms with van der Waals surface area (Å²) in [6.45, 7) is 7.44. The quantitative estimate of drug-likeness (QED) is 0.713. The van der Waals surface area contributed by atoms with Crippen molar-refractivity contribution in [2.24, 2.45) is 0 Å². The van der Waals surface area contributed by atoms with Crippen LogP contribution in [-0.4, -0.2) is 7.11 Å². The summed E-state index contributed by atoms with van der Waals surface area (Å²) in [6, 6.07) is 17.9. The van der Waals surface area contributed by atoms with Crippen LogP contribution in [0.15, 0.2) is 73.8 Å². The van der Waals surface area contributed by atoms with Crippen molar-refractivity contribution < 1.29 is 4.74 Å². The lowest BCUT2D eigenvalue weighted by Crippen LogP contribution is -1.84. The molecule has 1 nitrogen and oxygen atoms in total. The standard InChI is InChI=1S/C11H12.C7H8O/c1-3-7-11-9-6-5-8-10(11)4-2;1-8-7-5-3-2-4-6-7/h3-6,8-9H,1-2,7H2;2-6H,1H3. The molecule has 0 fully saturated rings. The fourth-order valence-electron chi connectivity index (χ4n) is 1.63. The maximum Gasteiger partial charge on any atom is 0.118 e. The number of hydrogen-bond acceptors (Lipinski definition) is 1. The number of benzene rings is 2. The van der Waals surface area contributed by atoms with Gasteiger partial charge < -0.3 is 4.74 Å². The van der Waals surface area contributed by atoms with Gasteiger partial charge in [-0.2, -0.15) is 0 Å². The summed E-state index contributed by atoms with van der Waals surface area (Å²) < 4.78 is 4.91. The van der Waals surface area contributed by atoms with Gasteiger partial charge in [-0.1, -0.05) is 61.2 Å². The molecule has 0 aromatic heterocycles. The van der Waals surface area contributed by atoms with Gasteiger partial charge in [-0.05, 0) is 29.7 Å². The Morgan fingerprint density at radius 1 is 0.947 bits per heavy atom. The van der Waals surface area contributed by atoms with Gasteiger partial charge in [-0.15, -0.1) is 6.58 Å². The van der Waals surface area contributed by atoms with E-state index in [-0.39, 0.29) is 0 Å². The van der Waals surface area contributed by atoms with E-state index in [4.69, 9.17) is 4.74 Å². The Balaban J connectivity index is 0.000000200. The Hall–Kier alpha value is -2.28. The normalized spacial score (nSPS) is 8.89. The van der Waals surface area contributed by atoms with Crippen LogP contribution >= 0.6 is 0 Å². The molecular formula is C18H20O. The van der Waals surface area contributed by atoms with Gasteiger partial charge >= 0.3 is 0 Å². The zero-order valence-electron chi connectivity index (χ0n) is 11.4. The average molecular weight is 252 g/mol. The van der Waals surface area contributed by atoms with Crippen LogP contribution in [0.1, 0.15) is 11.1 Å². The molecule has 0 bridgehead atoms. The first-order valence-corrected chi connectivity index (χ1v) is 6.22. The predicted molar refractivity (Wildman–Crippen MR) is 83.4 cm³/mol. The molecule has 2 rings (SSSR count). The van der Waals surface area contributed by atoms with Crippen molar-refractivity contribution in [1.82, 2.24) is 0 Å². The maximum atomic E-state index is 4.91. The second kappa shape index (κ2) is 8.76. The van der Waals surface area contributed by atoms with E-state index in [9.17, 15) is 0 Å². The zero-order chi connectivity index (χ0) is 13.9. The van der Waals surface area contributed by atoms with Crippen molar-refractivity contribution in [1.29, 1.82) is 0 Å². The van der Waals surface area contributed by atoms with Gasteiger partial charge in [-0.3, -0.25) is 0 Å². The van der Waals surface area contributed by atoms with Crippen LogP contribution in [0.2, 0.25) is 0 Å². The van der Waals surface area contributed by atoms with Crippen molar-refractivity contribution in [2.75, 3.05) is 7.11 Å². The highest BCUT2D eigenvalue weighted by Crippen LogP contribution is 2.10. The number of allylic oxidation sites excluding steroid dienone is 1. The largest absolute Gasteiger partial charge is 0.497 e. The smallest absolute Gasteiger partial charge is 0.118 e. The highest BCUT2D eigenvalue weighted by atomic mass is 16.5. The molecule has 0 heterocycles. The van der Waals surface area contributed by atoms with Gasteiger partial charge in [0, 0.05) is 0 Å². The second-order valence-corrected chi connectivity index (χ2v) is 3.91. The number of para-hydroxylation sites is 1. The van der Waals surface area contributed by atoms with Crippen LogP contribution in [0, 0.1) is 0 Å². The third-order valence-corrected chi connectivity index (χ3v) is 2.62. The summed E-state index contributed by atoms with van der Waals surface area (Å²) in [5.74, 6) is 0.910. The lowest BCUT2D eigenvalue weighted by molar-refractivity contribution is 0.415. The molecule has 19 heavy (non-hydrogen) atoms. The molecule has 98 valence electrons. The van der Waals surface area contributed by atoms with Gasteiger partial charge in [0.05, 0.1) is 7.11 Å². The molecule has 0 N–H and O–H groups in total. The first-order chi connectivity index (χ1) is 9.31. The van der Waals surface area contributed by atoms with Gasteiger partial charge in [0.15, 0.2) is 0 Å². The van der Waals surface area contributed by atoms with Crippen LogP contribution in [0.4, 0.5) is 0 Å². The Labute approximate surface area is 115 Å². The van der Waals surface area contributed by atoms with E-state index in [0.717, 1.165) is 12.2 Å². The van der Waals surface area contributed by atoms with Crippen LogP contribution in [0.3, 0.4) is 0 Å². The Bertz CT molecular complexity index is 500. The fourth-order valence-corrected chi connectivity index (χ4v) is 1.63. The number of methoxy groups -OCH3 is 1. The van der Waals surface area contributed by atoms with Crippen LogP contribution in [-0.2, 0) is 6.42 Å². The molecule has 0 aliphatic rings. The summed E-state index contributed by atoms with van der Waals surface area (Å²) >= 11 is 0. The van der Waals surface area contributed by atoms with Crippen LogP contribution < -0.4 is 4.74 Å². The Morgan fingerprint density at radius 3 is 2.11 bits per heavy atom. The molecule has 0 saturated heterocycles. The summed E-state index contributed by atoms with van der Waals surface area (Å²) in [7, 11) is 1.66. The molecule has 0 radical (unpaired) electrons. The van der Waals surface area contributed by atoms with E-state index < -0.39 is 0 Å². The van der Waals surface area contributed by atoms with E-state index >= 15 is 0 Å². The molecule has 0 atom stereocenters. The number of rotatable bonds is 4. The third kappa shape index (κ3) is 5.26. The molecular weight excluding hydrogens is 232 g/mol. The zero-order valence-corrected chi connectivity index (χ0v) is 11.4. The van der Waals surface area contributed by atoms with E-state index in [1.54, 1.807) is 7.11 Å². The summed E-state index contributed by atoms with van der Waals surface area (Å²) in [6.07, 6.45) is 4.70. The second-order valence-electron chi connectivity index (χ2n) is 3.91. The molecule has 0 amide bonds. The SMILES string of the molecule is C=CCc1ccccc1C=C.COc1ccccc1. The topological polar surface area (TPSA) is 9.23 Å². The predicted octanol–water partition coefficient (Wildman–Crippen LogP) is 4.75. The summed E-state index contributed by atoms with van der Waals surface area (Å²) in [5.41, 5.74) is 2.49. The van der Waals surface area contributed by atoms with E-state index in [1.165, 1.54) is 11.1 Å². The molecule has 0 spiro atoms. The molecule has 2 aromatic carbocycles. The molecule has 1 heteroatoms. The highest BCUT2D eigenvalue weighted by Gasteiger charge is 1.93. The van der Waals surface area contributed by atoms with Crippen LogP contribution in [0.25, 0.3) is 6.08 Å². The van der Waals surface area contributed by atoms with Crippen LogP contribution in [0.5, 0.6) is 5.75 Å². The highest BCUT2D eigenvalue weighted by molar-refractivity contribution is 5.52. The third-order valence-electron chi connectivity index (χ3n) is 2.62. The van der Waals surface area contributed by atoms with Crippen molar-refractivity contribution in [2.45, 2.75) is 6.42 Å². The van der Waals surface area contributed by atoms with Crippen molar-refractivity contribution in [3.05, 3.63) is 85.0 Å². The molecule has 0 aliphatic carbocycles. The Kier molecular flexibility index (Phi) is 6.81. The van der Waals surface area contributed by atoms with Crippen molar-refractivity contribution in [3.8, 4) is 5.75 Å². The molecule has 0 unspecified atom stereocenters. The Morgan fingerprint density at radius 2 is 1.58 bits per heavy atom. The van der Waals surface area contributed by atoms with Gasteiger partial charge in [0.1, 0.15) is 5.75 Å². The number of hydrogen-bond donors (Lipinski definition) is 0. The van der Waals surface area contributed by atoms with Crippen molar-refractivity contribution in [3.63, 3.8) is 0 Å². The molecule has 0 saturated carbocycles. The lowest BCUT2D eigenvalue weighted by Gasteiger charge is -2.00. The monoisotopic (exact) mass is 252 g/mol. The van der Waals surface area contributed by atoms with Gasteiger partial charge in [-0.25, -0.2) is 0 Å². The first-order valence-electron chi connectivity index (χ1n) is 6.22. The van der Waals surface area contributed by atoms with E-state index in [0.29, 0.717) is 0 Å². The van der Waals surface area contributed by atoms with Gasteiger partial charge in [0.2, 0.25) is 0 Å². The maximum absolute atomic E-state index is 4.91. The van der Waals surface area contributed by atoms with Gasteiger partial charge in [0.25, 0.3) is 0 Å². The fraction of sp³-hybridized carbons (Fsp3) is 0.111. The minimum Gasteiger partial charge on any atom is -0.497 e. The minimum atomic E-state index is 0.910. The number of ether oxygens (including phenoxy) is 1. The molecule has 2 aromatic rings. The lowest BCUT2D eigenvalue weighted by atomic mass is 10.1.